The zero-order valence-corrected chi connectivity index (χ0v) is 18.1. The number of Topliss-reactive ketones (excluding diaryl/α,β-unsaturated/α-hetero) is 1. The third-order valence-corrected chi connectivity index (χ3v) is 4.38. The summed E-state index contributed by atoms with van der Waals surface area (Å²) < 4.78 is 24.7. The van der Waals surface area contributed by atoms with Crippen LogP contribution in [-0.2, 0) is 9.53 Å². The van der Waals surface area contributed by atoms with Crippen LogP contribution in [0.5, 0.6) is 5.75 Å². The average molecular weight is 451 g/mol. The van der Waals surface area contributed by atoms with E-state index in [2.05, 4.69) is 15.6 Å². The molecule has 2 N–H and O–H groups in total. The van der Waals surface area contributed by atoms with Crippen molar-refractivity contribution in [1.29, 1.82) is 0 Å². The molecule has 1 heterocycles. The number of rotatable bonds is 9. The van der Waals surface area contributed by atoms with Crippen molar-refractivity contribution in [1.82, 2.24) is 4.98 Å². The second-order valence-electron chi connectivity index (χ2n) is 6.86. The fourth-order valence-corrected chi connectivity index (χ4v) is 2.92. The maximum Gasteiger partial charge on any atom is 0.342 e. The van der Waals surface area contributed by atoms with Gasteiger partial charge in [0, 0.05) is 24.5 Å². The van der Waals surface area contributed by atoms with E-state index in [9.17, 15) is 18.8 Å². The van der Waals surface area contributed by atoms with Gasteiger partial charge in [0.2, 0.25) is 11.7 Å². The maximum atomic E-state index is 14.2. The number of hydrogen-bond acceptors (Lipinski definition) is 7. The fourth-order valence-electron chi connectivity index (χ4n) is 2.92. The van der Waals surface area contributed by atoms with Crippen LogP contribution in [0.3, 0.4) is 0 Å². The van der Waals surface area contributed by atoms with E-state index in [1.54, 1.807) is 30.3 Å². The van der Waals surface area contributed by atoms with Crippen LogP contribution in [0.2, 0.25) is 0 Å². The molecule has 0 bridgehead atoms. The summed E-state index contributed by atoms with van der Waals surface area (Å²) in [5, 5.41) is 5.45. The maximum absolute atomic E-state index is 14.2. The van der Waals surface area contributed by atoms with E-state index in [1.165, 1.54) is 31.3 Å². The Bertz CT molecular complexity index is 1170. The number of anilines is 3. The Kier molecular flexibility index (Phi) is 7.69. The number of ketones is 1. The number of ether oxygens (including phenoxy) is 2. The topological polar surface area (TPSA) is 107 Å². The Hall–Kier alpha value is -4.27. The molecule has 0 aliphatic rings. The van der Waals surface area contributed by atoms with Crippen LogP contribution < -0.4 is 15.4 Å². The summed E-state index contributed by atoms with van der Waals surface area (Å²) in [5.74, 6) is -1.76. The molecule has 0 spiro atoms. The van der Waals surface area contributed by atoms with Gasteiger partial charge in [-0.1, -0.05) is 0 Å². The van der Waals surface area contributed by atoms with Crippen molar-refractivity contribution in [2.24, 2.45) is 0 Å². The number of pyridine rings is 1. The highest BCUT2D eigenvalue weighted by Crippen LogP contribution is 2.22. The molecule has 9 heteroatoms. The standard InChI is InChI=1S/C24H22FN3O5/c1-3-32-18-9-6-16(7-10-18)28-23-20(5-4-12-26-23)24(31)33-14-22(30)19-11-8-17(13-21(19)25)27-15(2)29/h4-13H,3,14H2,1-2H3,(H,26,28)(H,27,29). The van der Waals surface area contributed by atoms with Gasteiger partial charge in [0.1, 0.15) is 22.9 Å². The first-order valence-electron chi connectivity index (χ1n) is 10.1. The summed E-state index contributed by atoms with van der Waals surface area (Å²) in [7, 11) is 0. The Morgan fingerprint density at radius 3 is 2.39 bits per heavy atom. The van der Waals surface area contributed by atoms with Gasteiger partial charge in [0.15, 0.2) is 6.61 Å². The van der Waals surface area contributed by atoms with Gasteiger partial charge in [-0.2, -0.15) is 0 Å². The third-order valence-electron chi connectivity index (χ3n) is 4.38. The number of aromatic nitrogens is 1. The van der Waals surface area contributed by atoms with E-state index in [4.69, 9.17) is 9.47 Å². The molecule has 0 unspecified atom stereocenters. The number of amides is 1. The summed E-state index contributed by atoms with van der Waals surface area (Å²) >= 11 is 0. The molecule has 2 aromatic carbocycles. The van der Waals surface area contributed by atoms with Crippen molar-refractivity contribution >= 4 is 34.9 Å². The molecule has 0 aliphatic heterocycles. The zero-order valence-electron chi connectivity index (χ0n) is 18.1. The van der Waals surface area contributed by atoms with Gasteiger partial charge in [-0.05, 0) is 61.5 Å². The first-order chi connectivity index (χ1) is 15.9. The smallest absolute Gasteiger partial charge is 0.342 e. The van der Waals surface area contributed by atoms with Crippen LogP contribution in [-0.4, -0.2) is 35.9 Å². The van der Waals surface area contributed by atoms with Crippen LogP contribution in [0.25, 0.3) is 0 Å². The lowest BCUT2D eigenvalue weighted by molar-refractivity contribution is -0.114. The number of hydrogen-bond donors (Lipinski definition) is 2. The highest BCUT2D eigenvalue weighted by atomic mass is 19.1. The molecular formula is C24H22FN3O5. The Morgan fingerprint density at radius 1 is 1.00 bits per heavy atom. The summed E-state index contributed by atoms with van der Waals surface area (Å²) in [5.41, 5.74) is 0.744. The van der Waals surface area contributed by atoms with Crippen molar-refractivity contribution < 1.29 is 28.2 Å². The second kappa shape index (κ2) is 10.9. The van der Waals surface area contributed by atoms with E-state index < -0.39 is 24.2 Å². The predicted molar refractivity (Wildman–Crippen MR) is 120 cm³/mol. The van der Waals surface area contributed by atoms with E-state index in [0.717, 1.165) is 6.07 Å². The monoisotopic (exact) mass is 451 g/mol. The summed E-state index contributed by atoms with van der Waals surface area (Å²) in [6.07, 6.45) is 1.50. The molecule has 0 radical (unpaired) electrons. The number of nitrogens with one attached hydrogen (secondary N) is 2. The van der Waals surface area contributed by atoms with Crippen molar-refractivity contribution in [2.75, 3.05) is 23.8 Å². The fraction of sp³-hybridized carbons (Fsp3) is 0.167. The lowest BCUT2D eigenvalue weighted by atomic mass is 10.1. The van der Waals surface area contributed by atoms with Crippen molar-refractivity contribution in [3.63, 3.8) is 0 Å². The molecule has 1 amide bonds. The van der Waals surface area contributed by atoms with Gasteiger partial charge in [-0.25, -0.2) is 14.2 Å². The van der Waals surface area contributed by atoms with Crippen LogP contribution in [0.1, 0.15) is 34.6 Å². The molecule has 8 nitrogen and oxygen atoms in total. The predicted octanol–water partition coefficient (Wildman–Crippen LogP) is 4.36. The van der Waals surface area contributed by atoms with Crippen LogP contribution in [0.15, 0.2) is 60.8 Å². The van der Waals surface area contributed by atoms with Crippen molar-refractivity contribution in [3.8, 4) is 5.75 Å². The number of halogens is 1. The first kappa shape index (κ1) is 23.4. The van der Waals surface area contributed by atoms with Gasteiger partial charge in [-0.15, -0.1) is 0 Å². The molecule has 33 heavy (non-hydrogen) atoms. The minimum atomic E-state index is -0.832. The van der Waals surface area contributed by atoms with E-state index in [1.807, 2.05) is 6.92 Å². The van der Waals surface area contributed by atoms with Gasteiger partial charge >= 0.3 is 5.97 Å². The summed E-state index contributed by atoms with van der Waals surface area (Å²) in [4.78, 5) is 40.2. The normalized spacial score (nSPS) is 10.3. The molecule has 0 fully saturated rings. The van der Waals surface area contributed by atoms with Crippen LogP contribution >= 0.6 is 0 Å². The van der Waals surface area contributed by atoms with Crippen LogP contribution in [0.4, 0.5) is 21.6 Å². The van der Waals surface area contributed by atoms with E-state index >= 15 is 0 Å². The molecular weight excluding hydrogens is 429 g/mol. The largest absolute Gasteiger partial charge is 0.494 e. The molecule has 170 valence electrons. The van der Waals surface area contributed by atoms with Gasteiger partial charge in [0.25, 0.3) is 0 Å². The molecule has 3 rings (SSSR count). The summed E-state index contributed by atoms with van der Waals surface area (Å²) in [6.45, 7) is 3.06. The van der Waals surface area contributed by atoms with E-state index in [0.29, 0.717) is 18.0 Å². The Labute approximate surface area is 189 Å². The minimum absolute atomic E-state index is 0.112. The summed E-state index contributed by atoms with van der Waals surface area (Å²) in [6, 6.07) is 13.8. The molecule has 0 atom stereocenters. The Balaban J connectivity index is 1.66. The number of carbonyl (C=O) groups is 3. The Morgan fingerprint density at radius 2 is 1.73 bits per heavy atom. The highest BCUT2D eigenvalue weighted by molar-refractivity contribution is 6.01. The zero-order chi connectivity index (χ0) is 23.8. The van der Waals surface area contributed by atoms with E-state index in [-0.39, 0.29) is 28.5 Å². The lowest BCUT2D eigenvalue weighted by Crippen LogP contribution is -2.17. The number of esters is 1. The molecule has 3 aromatic rings. The second-order valence-corrected chi connectivity index (χ2v) is 6.86. The lowest BCUT2D eigenvalue weighted by Gasteiger charge is -2.11. The highest BCUT2D eigenvalue weighted by Gasteiger charge is 2.18. The SMILES string of the molecule is CCOc1ccc(Nc2ncccc2C(=O)OCC(=O)c2ccc(NC(C)=O)cc2F)cc1. The molecule has 0 saturated carbocycles. The number of nitrogens with zero attached hydrogens (tertiary/aromatic N) is 1. The molecule has 0 aliphatic carbocycles. The van der Waals surface area contributed by atoms with Crippen molar-refractivity contribution in [2.45, 2.75) is 13.8 Å². The average Bonchev–Trinajstić information content (AvgIpc) is 2.79. The van der Waals surface area contributed by atoms with Gasteiger partial charge in [-0.3, -0.25) is 9.59 Å². The molecule has 0 saturated heterocycles. The third kappa shape index (κ3) is 6.36. The first-order valence-corrected chi connectivity index (χ1v) is 10.1. The quantitative estimate of drug-likeness (QED) is 0.368. The molecule has 1 aromatic heterocycles. The minimum Gasteiger partial charge on any atom is -0.494 e. The van der Waals surface area contributed by atoms with Gasteiger partial charge < -0.3 is 20.1 Å². The van der Waals surface area contributed by atoms with Crippen LogP contribution in [0, 0.1) is 5.82 Å². The van der Waals surface area contributed by atoms with Crippen molar-refractivity contribution in [3.05, 3.63) is 77.7 Å². The van der Waals surface area contributed by atoms with Gasteiger partial charge in [0.05, 0.1) is 12.2 Å². The number of carbonyl (C=O) groups excluding carboxylic acids is 3. The number of benzene rings is 2.